The van der Waals surface area contributed by atoms with Crippen LogP contribution < -0.4 is 5.32 Å². The van der Waals surface area contributed by atoms with E-state index in [0.29, 0.717) is 19.0 Å². The zero-order valence-electron chi connectivity index (χ0n) is 12.2. The van der Waals surface area contributed by atoms with E-state index < -0.39 is 5.60 Å². The molecule has 0 radical (unpaired) electrons. The number of carbonyl (C=O) groups is 1. The average molecular weight is 279 g/mol. The van der Waals surface area contributed by atoms with E-state index in [9.17, 15) is 4.79 Å². The second-order valence-corrected chi connectivity index (χ2v) is 6.38. The van der Waals surface area contributed by atoms with Gasteiger partial charge in [0.2, 0.25) is 0 Å². The van der Waals surface area contributed by atoms with Crippen LogP contribution in [0.1, 0.15) is 38.3 Å². The molecule has 0 aliphatic carbocycles. The van der Waals surface area contributed by atoms with Gasteiger partial charge in [-0.1, -0.05) is 0 Å². The highest BCUT2D eigenvalue weighted by Gasteiger charge is 2.31. The molecule has 2 aliphatic heterocycles. The van der Waals surface area contributed by atoms with Crippen LogP contribution in [-0.2, 0) is 17.8 Å². The molecule has 3 heterocycles. The van der Waals surface area contributed by atoms with Gasteiger partial charge in [-0.25, -0.2) is 4.79 Å². The lowest BCUT2D eigenvalue weighted by Crippen LogP contribution is -2.44. The van der Waals surface area contributed by atoms with Gasteiger partial charge in [0.05, 0.1) is 6.54 Å². The van der Waals surface area contributed by atoms with Crippen molar-refractivity contribution < 1.29 is 9.53 Å². The summed E-state index contributed by atoms with van der Waals surface area (Å²) in [5.41, 5.74) is -0.467. The summed E-state index contributed by atoms with van der Waals surface area (Å²) in [6, 6.07) is 0. The van der Waals surface area contributed by atoms with Gasteiger partial charge in [0.15, 0.2) is 5.82 Å². The molecule has 1 aromatic heterocycles. The van der Waals surface area contributed by atoms with Crippen molar-refractivity contribution in [2.24, 2.45) is 0 Å². The van der Waals surface area contributed by atoms with Crippen molar-refractivity contribution in [2.45, 2.75) is 45.4 Å². The molecule has 20 heavy (non-hydrogen) atoms. The minimum Gasteiger partial charge on any atom is -0.444 e. The van der Waals surface area contributed by atoms with Gasteiger partial charge in [-0.05, 0) is 20.8 Å². The van der Waals surface area contributed by atoms with Gasteiger partial charge in [-0.15, -0.1) is 10.2 Å². The van der Waals surface area contributed by atoms with Crippen LogP contribution in [0.5, 0.6) is 0 Å². The zero-order valence-corrected chi connectivity index (χ0v) is 12.2. The Balaban J connectivity index is 1.70. The van der Waals surface area contributed by atoms with Crippen LogP contribution in [0.4, 0.5) is 4.79 Å². The highest BCUT2D eigenvalue weighted by atomic mass is 16.6. The van der Waals surface area contributed by atoms with Crippen molar-refractivity contribution in [3.8, 4) is 0 Å². The molecule has 7 heteroatoms. The van der Waals surface area contributed by atoms with Crippen LogP contribution in [0.15, 0.2) is 0 Å². The van der Waals surface area contributed by atoms with Gasteiger partial charge < -0.3 is 14.6 Å². The van der Waals surface area contributed by atoms with Crippen LogP contribution in [0.25, 0.3) is 0 Å². The molecule has 0 aromatic carbocycles. The average Bonchev–Trinajstić information content (AvgIpc) is 2.68. The van der Waals surface area contributed by atoms with Crippen molar-refractivity contribution in [2.75, 3.05) is 19.6 Å². The fraction of sp³-hybridized carbons (Fsp3) is 0.769. The fourth-order valence-corrected chi connectivity index (χ4v) is 2.44. The van der Waals surface area contributed by atoms with Crippen molar-refractivity contribution in [1.29, 1.82) is 0 Å². The van der Waals surface area contributed by atoms with Gasteiger partial charge in [-0.3, -0.25) is 4.90 Å². The number of amides is 1. The molecule has 1 amide bonds. The first-order valence-corrected chi connectivity index (χ1v) is 7.04. The third kappa shape index (κ3) is 2.49. The van der Waals surface area contributed by atoms with E-state index in [1.807, 2.05) is 20.8 Å². The number of nitrogens with zero attached hydrogens (tertiary/aromatic N) is 4. The van der Waals surface area contributed by atoms with Crippen LogP contribution in [0.2, 0.25) is 0 Å². The summed E-state index contributed by atoms with van der Waals surface area (Å²) >= 11 is 0. The Labute approximate surface area is 118 Å². The summed E-state index contributed by atoms with van der Waals surface area (Å²) in [6.07, 6.45) is -0.279. The predicted molar refractivity (Wildman–Crippen MR) is 72.3 cm³/mol. The van der Waals surface area contributed by atoms with E-state index in [2.05, 4.69) is 20.1 Å². The summed E-state index contributed by atoms with van der Waals surface area (Å²) in [5.74, 6) is 2.36. The summed E-state index contributed by atoms with van der Waals surface area (Å²) in [6.45, 7) is 9.42. The normalized spacial score (nSPS) is 19.4. The van der Waals surface area contributed by atoms with Crippen LogP contribution >= 0.6 is 0 Å². The van der Waals surface area contributed by atoms with Crippen LogP contribution in [0.3, 0.4) is 0 Å². The first-order chi connectivity index (χ1) is 9.44. The Morgan fingerprint density at radius 3 is 2.65 bits per heavy atom. The van der Waals surface area contributed by atoms with E-state index in [4.69, 9.17) is 4.74 Å². The molecule has 0 saturated carbocycles. The number of rotatable bonds is 1. The van der Waals surface area contributed by atoms with Crippen molar-refractivity contribution in [3.05, 3.63) is 11.6 Å². The molecule has 1 aromatic rings. The third-order valence-electron chi connectivity index (χ3n) is 3.58. The number of hydrogen-bond donors (Lipinski definition) is 1. The van der Waals surface area contributed by atoms with Gasteiger partial charge in [-0.2, -0.15) is 0 Å². The van der Waals surface area contributed by atoms with Gasteiger partial charge in [0.25, 0.3) is 0 Å². The quantitative estimate of drug-likeness (QED) is 0.820. The Kier molecular flexibility index (Phi) is 3.16. The number of hydrogen-bond acceptors (Lipinski definition) is 5. The molecular formula is C13H21N5O2. The standard InChI is InChI=1S/C13H21N5O2/c1-13(2,3)20-12(19)17-4-5-18-10(8-17)15-16-11(18)9-6-14-7-9/h9,14H,4-8H2,1-3H3. The Hall–Kier alpha value is -1.63. The van der Waals surface area contributed by atoms with E-state index in [0.717, 1.165) is 31.3 Å². The van der Waals surface area contributed by atoms with Crippen LogP contribution in [0, 0.1) is 0 Å². The lowest BCUT2D eigenvalue weighted by molar-refractivity contribution is 0.0193. The molecule has 0 unspecified atom stereocenters. The SMILES string of the molecule is CC(C)(C)OC(=O)N1CCn2c(nnc2C2CNC2)C1. The Bertz CT molecular complexity index is 515. The number of ether oxygens (including phenoxy) is 1. The molecule has 1 saturated heterocycles. The molecular weight excluding hydrogens is 258 g/mol. The first-order valence-electron chi connectivity index (χ1n) is 7.04. The van der Waals surface area contributed by atoms with Gasteiger partial charge >= 0.3 is 6.09 Å². The topological polar surface area (TPSA) is 72.3 Å². The number of fused-ring (bicyclic) bond motifs is 1. The number of aromatic nitrogens is 3. The molecule has 7 nitrogen and oxygen atoms in total. The molecule has 1 fully saturated rings. The highest BCUT2D eigenvalue weighted by Crippen LogP contribution is 2.22. The minimum absolute atomic E-state index is 0.279. The maximum atomic E-state index is 12.1. The largest absolute Gasteiger partial charge is 0.444 e. The lowest BCUT2D eigenvalue weighted by atomic mass is 10.0. The molecule has 0 atom stereocenters. The van der Waals surface area contributed by atoms with Crippen LogP contribution in [-0.4, -0.2) is 51.0 Å². The fourth-order valence-electron chi connectivity index (χ4n) is 2.44. The summed E-state index contributed by atoms with van der Waals surface area (Å²) in [5, 5.41) is 11.8. The maximum absolute atomic E-state index is 12.1. The second-order valence-electron chi connectivity index (χ2n) is 6.38. The highest BCUT2D eigenvalue weighted by molar-refractivity contribution is 5.68. The van der Waals surface area contributed by atoms with Crippen molar-refractivity contribution >= 4 is 6.09 Å². The molecule has 3 rings (SSSR count). The number of carbonyl (C=O) groups excluding carboxylic acids is 1. The smallest absolute Gasteiger partial charge is 0.410 e. The number of nitrogens with one attached hydrogen (secondary N) is 1. The van der Waals surface area contributed by atoms with E-state index >= 15 is 0 Å². The summed E-state index contributed by atoms with van der Waals surface area (Å²) in [7, 11) is 0. The molecule has 0 bridgehead atoms. The Morgan fingerprint density at radius 2 is 2.05 bits per heavy atom. The van der Waals surface area contributed by atoms with Crippen molar-refractivity contribution in [1.82, 2.24) is 25.0 Å². The maximum Gasteiger partial charge on any atom is 0.410 e. The first kappa shape index (κ1) is 13.4. The van der Waals surface area contributed by atoms with Gasteiger partial charge in [0, 0.05) is 32.1 Å². The molecule has 110 valence electrons. The molecule has 0 spiro atoms. The van der Waals surface area contributed by atoms with E-state index in [1.165, 1.54) is 0 Å². The second kappa shape index (κ2) is 4.73. The van der Waals surface area contributed by atoms with Gasteiger partial charge in [0.1, 0.15) is 11.4 Å². The van der Waals surface area contributed by atoms with Crippen molar-refractivity contribution in [3.63, 3.8) is 0 Å². The molecule has 2 aliphatic rings. The summed E-state index contributed by atoms with van der Waals surface area (Å²) in [4.78, 5) is 13.8. The third-order valence-corrected chi connectivity index (χ3v) is 3.58. The Morgan fingerprint density at radius 1 is 1.30 bits per heavy atom. The lowest BCUT2D eigenvalue weighted by Gasteiger charge is -2.32. The monoisotopic (exact) mass is 279 g/mol. The summed E-state index contributed by atoms with van der Waals surface area (Å²) < 4.78 is 7.54. The zero-order chi connectivity index (χ0) is 14.3. The minimum atomic E-state index is -0.467. The predicted octanol–water partition coefficient (Wildman–Crippen LogP) is 0.716. The van der Waals surface area contributed by atoms with E-state index in [1.54, 1.807) is 4.90 Å². The van der Waals surface area contributed by atoms with E-state index in [-0.39, 0.29) is 6.09 Å². The molecule has 1 N–H and O–H groups in total.